The van der Waals surface area contributed by atoms with E-state index in [9.17, 15) is 24.3 Å². The Bertz CT molecular complexity index is 1330. The van der Waals surface area contributed by atoms with Gasteiger partial charge in [-0.3, -0.25) is 19.2 Å². The van der Waals surface area contributed by atoms with Crippen LogP contribution in [0.25, 0.3) is 0 Å². The van der Waals surface area contributed by atoms with Gasteiger partial charge in [0, 0.05) is 19.0 Å². The number of amides is 3. The molecule has 10 heteroatoms. The van der Waals surface area contributed by atoms with E-state index in [0.717, 1.165) is 37.7 Å². The smallest absolute Gasteiger partial charge is 0.306 e. The van der Waals surface area contributed by atoms with Crippen LogP contribution in [0.1, 0.15) is 89.7 Å². The van der Waals surface area contributed by atoms with Gasteiger partial charge in [0.25, 0.3) is 0 Å². The van der Waals surface area contributed by atoms with Gasteiger partial charge in [-0.05, 0) is 43.6 Å². The summed E-state index contributed by atoms with van der Waals surface area (Å²) < 4.78 is 12.3. The summed E-state index contributed by atoms with van der Waals surface area (Å²) in [5, 5.41) is 13.8. The summed E-state index contributed by atoms with van der Waals surface area (Å²) in [7, 11) is 0. The molecule has 1 aromatic carbocycles. The van der Waals surface area contributed by atoms with E-state index in [1.807, 2.05) is 49.1 Å². The Hall–Kier alpha value is -3.50. The molecule has 1 aliphatic carbocycles. The predicted octanol–water partition coefficient (Wildman–Crippen LogP) is 4.48. The average molecular weight is 664 g/mol. The van der Waals surface area contributed by atoms with Crippen LogP contribution in [-0.2, 0) is 28.7 Å². The Kier molecular flexibility index (Phi) is 11.8. The number of ether oxygens (including phenoxy) is 2. The van der Waals surface area contributed by atoms with E-state index in [4.69, 9.17) is 9.47 Å². The zero-order valence-corrected chi connectivity index (χ0v) is 28.6. The number of allylic oxidation sites excluding steroid dienone is 1. The third-order valence-electron chi connectivity index (χ3n) is 11.2. The van der Waals surface area contributed by atoms with E-state index in [1.165, 1.54) is 0 Å². The van der Waals surface area contributed by atoms with Crippen LogP contribution in [-0.4, -0.2) is 88.2 Å². The van der Waals surface area contributed by atoms with Crippen molar-refractivity contribution in [2.75, 3.05) is 19.8 Å². The predicted molar refractivity (Wildman–Crippen MR) is 181 cm³/mol. The Balaban J connectivity index is 1.48. The zero-order valence-electron chi connectivity index (χ0n) is 28.6. The minimum atomic E-state index is -1.19. The maximum atomic E-state index is 14.9. The molecule has 0 aromatic heterocycles. The molecule has 3 amide bonds. The summed E-state index contributed by atoms with van der Waals surface area (Å²) in [4.78, 5) is 59.8. The van der Waals surface area contributed by atoms with Crippen LogP contribution in [0, 0.1) is 17.8 Å². The number of hydrogen-bond acceptors (Lipinski definition) is 7. The van der Waals surface area contributed by atoms with E-state index in [2.05, 4.69) is 18.5 Å². The molecular formula is C38H53N3O7. The van der Waals surface area contributed by atoms with Crippen molar-refractivity contribution in [1.29, 1.82) is 0 Å². The second-order valence-electron chi connectivity index (χ2n) is 14.0. The monoisotopic (exact) mass is 663 g/mol. The number of fused-ring (bicyclic) bond motifs is 1. The fraction of sp³-hybridized carbons (Fsp3) is 0.632. The number of nitrogens with one attached hydrogen (secondary N) is 1. The SMILES string of the molecule is C=CCCC(=O)OC[C@H](NC(=O)[C@@H]1[C@H]2C(=O)N([C@@H](CO)[C@@H](C)CC)[C@H](C(=O)N(CC=C)C3CCCCC3)[C@]23CC[C@H]1O3)c1ccccc1. The molecular weight excluding hydrogens is 610 g/mol. The van der Waals surface area contributed by atoms with E-state index in [-0.39, 0.29) is 49.3 Å². The number of aliphatic hydroxyl groups excluding tert-OH is 1. The highest BCUT2D eigenvalue weighted by molar-refractivity contribution is 5.99. The van der Waals surface area contributed by atoms with Gasteiger partial charge in [-0.25, -0.2) is 0 Å². The molecule has 1 spiro atoms. The molecule has 3 saturated heterocycles. The van der Waals surface area contributed by atoms with Gasteiger partial charge in [0.2, 0.25) is 17.7 Å². The zero-order chi connectivity index (χ0) is 34.4. The van der Waals surface area contributed by atoms with E-state index in [0.29, 0.717) is 32.2 Å². The summed E-state index contributed by atoms with van der Waals surface area (Å²) in [5.74, 6) is -3.07. The summed E-state index contributed by atoms with van der Waals surface area (Å²) in [6.45, 7) is 11.6. The summed E-state index contributed by atoms with van der Waals surface area (Å²) >= 11 is 0. The summed E-state index contributed by atoms with van der Waals surface area (Å²) in [5.41, 5.74) is -0.423. The summed E-state index contributed by atoms with van der Waals surface area (Å²) in [6, 6.07) is 7.11. The first-order valence-corrected chi connectivity index (χ1v) is 17.9. The number of benzene rings is 1. The van der Waals surface area contributed by atoms with Crippen LogP contribution in [0.2, 0.25) is 0 Å². The molecule has 2 N–H and O–H groups in total. The third kappa shape index (κ3) is 6.83. The van der Waals surface area contributed by atoms with Crippen LogP contribution < -0.4 is 5.32 Å². The number of likely N-dealkylation sites (tertiary alicyclic amines) is 1. The highest BCUT2D eigenvalue weighted by atomic mass is 16.5. The number of rotatable bonds is 16. The van der Waals surface area contributed by atoms with E-state index >= 15 is 0 Å². The molecule has 1 saturated carbocycles. The molecule has 1 aromatic rings. The molecule has 262 valence electrons. The molecule has 48 heavy (non-hydrogen) atoms. The lowest BCUT2D eigenvalue weighted by atomic mass is 9.70. The molecule has 0 radical (unpaired) electrons. The maximum Gasteiger partial charge on any atom is 0.306 e. The van der Waals surface area contributed by atoms with Gasteiger partial charge in [0.1, 0.15) is 18.2 Å². The average Bonchev–Trinajstić information content (AvgIpc) is 3.76. The van der Waals surface area contributed by atoms with Gasteiger partial charge in [0.15, 0.2) is 0 Å². The van der Waals surface area contributed by atoms with Crippen molar-refractivity contribution in [2.24, 2.45) is 17.8 Å². The molecule has 8 atom stereocenters. The largest absolute Gasteiger partial charge is 0.463 e. The van der Waals surface area contributed by atoms with Crippen LogP contribution >= 0.6 is 0 Å². The van der Waals surface area contributed by atoms with Crippen LogP contribution in [0.3, 0.4) is 0 Å². The lowest BCUT2D eigenvalue weighted by Gasteiger charge is -2.43. The lowest BCUT2D eigenvalue weighted by Crippen LogP contribution is -2.61. The third-order valence-corrected chi connectivity index (χ3v) is 11.2. The number of carbonyl (C=O) groups excluding carboxylic acids is 4. The molecule has 2 bridgehead atoms. The summed E-state index contributed by atoms with van der Waals surface area (Å²) in [6.07, 6.45) is 10.2. The number of aliphatic hydroxyl groups is 1. The highest BCUT2D eigenvalue weighted by Crippen LogP contribution is 2.59. The minimum absolute atomic E-state index is 0.0337. The van der Waals surface area contributed by atoms with E-state index in [1.54, 1.807) is 17.1 Å². The van der Waals surface area contributed by atoms with Crippen molar-refractivity contribution in [2.45, 2.75) is 114 Å². The molecule has 4 aliphatic rings. The molecule has 4 fully saturated rings. The fourth-order valence-electron chi connectivity index (χ4n) is 8.59. The van der Waals surface area contributed by atoms with Crippen LogP contribution in [0.15, 0.2) is 55.6 Å². The van der Waals surface area contributed by atoms with Gasteiger partial charge in [-0.2, -0.15) is 0 Å². The normalized spacial score (nSPS) is 28.3. The number of nitrogens with zero attached hydrogens (tertiary/aromatic N) is 2. The second kappa shape index (κ2) is 15.8. The van der Waals surface area contributed by atoms with Crippen molar-refractivity contribution in [3.8, 4) is 0 Å². The first-order chi connectivity index (χ1) is 23.2. The lowest BCUT2D eigenvalue weighted by molar-refractivity contribution is -0.154. The van der Waals surface area contributed by atoms with E-state index < -0.39 is 47.6 Å². The van der Waals surface area contributed by atoms with Gasteiger partial charge in [-0.15, -0.1) is 13.2 Å². The highest BCUT2D eigenvalue weighted by Gasteiger charge is 2.75. The number of hydrogen-bond donors (Lipinski definition) is 2. The topological polar surface area (TPSA) is 125 Å². The first-order valence-electron chi connectivity index (χ1n) is 17.9. The van der Waals surface area contributed by atoms with Crippen molar-refractivity contribution in [3.05, 3.63) is 61.2 Å². The minimum Gasteiger partial charge on any atom is -0.463 e. The Morgan fingerprint density at radius 2 is 1.88 bits per heavy atom. The quantitative estimate of drug-likeness (QED) is 0.197. The first kappa shape index (κ1) is 35.8. The number of carbonyl (C=O) groups is 4. The number of esters is 1. The fourth-order valence-corrected chi connectivity index (χ4v) is 8.59. The van der Waals surface area contributed by atoms with Gasteiger partial charge >= 0.3 is 5.97 Å². The van der Waals surface area contributed by atoms with Gasteiger partial charge in [0.05, 0.1) is 36.6 Å². The second-order valence-corrected chi connectivity index (χ2v) is 14.0. The molecule has 0 unspecified atom stereocenters. The van der Waals surface area contributed by atoms with Crippen molar-refractivity contribution < 1.29 is 33.8 Å². The molecule has 5 rings (SSSR count). The molecule has 3 aliphatic heterocycles. The van der Waals surface area contributed by atoms with Crippen molar-refractivity contribution >= 4 is 23.7 Å². The Labute approximate surface area is 284 Å². The Morgan fingerprint density at radius 3 is 2.52 bits per heavy atom. The van der Waals surface area contributed by atoms with Gasteiger partial charge in [-0.1, -0.05) is 82.0 Å². The van der Waals surface area contributed by atoms with Crippen molar-refractivity contribution in [1.82, 2.24) is 15.1 Å². The molecule has 3 heterocycles. The standard InChI is InChI=1S/C38H53N3O7/c1-5-8-19-31(43)47-24-28(26-15-11-9-12-16-26)39-35(44)32-30-20-21-38(48-30)33(32)36(45)41(29(23-42)25(4)7-3)34(38)37(46)40(22-6-2)27-17-13-10-14-18-27/h5-6,9,11-12,15-16,25,27-30,32-34,42H,1-2,7-8,10,13-14,17-24H2,3-4H3,(H,39,44)/t25-,28-,29-,30+,32-,33-,34+,38-/m0/s1. The van der Waals surface area contributed by atoms with Crippen LogP contribution in [0.5, 0.6) is 0 Å². The van der Waals surface area contributed by atoms with Crippen LogP contribution in [0.4, 0.5) is 0 Å². The Morgan fingerprint density at radius 1 is 1.15 bits per heavy atom. The van der Waals surface area contributed by atoms with Crippen molar-refractivity contribution in [3.63, 3.8) is 0 Å². The molecule has 10 nitrogen and oxygen atoms in total. The van der Waals surface area contributed by atoms with Gasteiger partial charge < -0.3 is 29.7 Å². The maximum absolute atomic E-state index is 14.9.